The summed E-state index contributed by atoms with van der Waals surface area (Å²) in [6.45, 7) is 1.85. The van der Waals surface area contributed by atoms with Crippen LogP contribution in [0, 0.1) is 0 Å². The second kappa shape index (κ2) is 7.75. The van der Waals surface area contributed by atoms with E-state index in [2.05, 4.69) is 29.6 Å². The number of rotatable bonds is 5. The SMILES string of the molecule is Cl.Oc1ccc(CCNCc2ccccc2)cc1. The van der Waals surface area contributed by atoms with Crippen LogP contribution >= 0.6 is 12.4 Å². The Hall–Kier alpha value is -1.51. The highest BCUT2D eigenvalue weighted by atomic mass is 35.5. The van der Waals surface area contributed by atoms with Crippen LogP contribution in [0.2, 0.25) is 0 Å². The molecule has 0 atom stereocenters. The van der Waals surface area contributed by atoms with Gasteiger partial charge < -0.3 is 10.4 Å². The van der Waals surface area contributed by atoms with Crippen molar-refractivity contribution < 1.29 is 5.11 Å². The van der Waals surface area contributed by atoms with Crippen LogP contribution in [-0.2, 0) is 13.0 Å². The monoisotopic (exact) mass is 263 g/mol. The van der Waals surface area contributed by atoms with E-state index in [1.165, 1.54) is 11.1 Å². The zero-order valence-corrected chi connectivity index (χ0v) is 11.0. The van der Waals surface area contributed by atoms with Crippen molar-refractivity contribution in [3.8, 4) is 5.75 Å². The molecule has 0 bridgehead atoms. The summed E-state index contributed by atoms with van der Waals surface area (Å²) in [6.07, 6.45) is 0.979. The quantitative estimate of drug-likeness (QED) is 0.813. The smallest absolute Gasteiger partial charge is 0.115 e. The molecule has 0 amide bonds. The molecule has 3 heteroatoms. The summed E-state index contributed by atoms with van der Waals surface area (Å²) in [4.78, 5) is 0. The van der Waals surface area contributed by atoms with E-state index < -0.39 is 0 Å². The number of hydrogen-bond donors (Lipinski definition) is 2. The first-order valence-corrected chi connectivity index (χ1v) is 5.87. The topological polar surface area (TPSA) is 32.3 Å². The third-order valence-electron chi connectivity index (χ3n) is 2.70. The van der Waals surface area contributed by atoms with E-state index in [4.69, 9.17) is 5.11 Å². The van der Waals surface area contributed by atoms with Crippen molar-refractivity contribution in [2.24, 2.45) is 0 Å². The Morgan fingerprint density at radius 2 is 1.50 bits per heavy atom. The van der Waals surface area contributed by atoms with Crippen molar-refractivity contribution in [2.45, 2.75) is 13.0 Å². The molecule has 0 radical (unpaired) electrons. The summed E-state index contributed by atoms with van der Waals surface area (Å²) in [5, 5.41) is 12.6. The van der Waals surface area contributed by atoms with Crippen LogP contribution in [0.3, 0.4) is 0 Å². The molecule has 0 aromatic heterocycles. The van der Waals surface area contributed by atoms with Gasteiger partial charge in [0.25, 0.3) is 0 Å². The highest BCUT2D eigenvalue weighted by Crippen LogP contribution is 2.09. The fraction of sp³-hybridized carbons (Fsp3) is 0.200. The fourth-order valence-corrected chi connectivity index (χ4v) is 1.72. The molecule has 0 aliphatic heterocycles. The number of nitrogens with one attached hydrogen (secondary N) is 1. The Bertz CT molecular complexity index is 442. The Kier molecular flexibility index (Phi) is 6.26. The summed E-state index contributed by atoms with van der Waals surface area (Å²) < 4.78 is 0. The fourth-order valence-electron chi connectivity index (χ4n) is 1.72. The van der Waals surface area contributed by atoms with Gasteiger partial charge in [-0.05, 0) is 36.2 Å². The van der Waals surface area contributed by atoms with E-state index in [1.54, 1.807) is 12.1 Å². The molecular weight excluding hydrogens is 246 g/mol. The summed E-state index contributed by atoms with van der Waals surface area (Å²) in [7, 11) is 0. The number of benzene rings is 2. The Balaban J connectivity index is 0.00000162. The van der Waals surface area contributed by atoms with E-state index in [1.807, 2.05) is 18.2 Å². The standard InChI is InChI=1S/C15H17NO.ClH/c17-15-8-6-13(7-9-15)10-11-16-12-14-4-2-1-3-5-14;/h1-9,16-17H,10-12H2;1H. The zero-order chi connectivity index (χ0) is 11.9. The highest BCUT2D eigenvalue weighted by molar-refractivity contribution is 5.85. The summed E-state index contributed by atoms with van der Waals surface area (Å²) in [5.41, 5.74) is 2.54. The lowest BCUT2D eigenvalue weighted by Gasteiger charge is -2.05. The van der Waals surface area contributed by atoms with E-state index in [-0.39, 0.29) is 12.4 Å². The highest BCUT2D eigenvalue weighted by Gasteiger charge is 1.94. The van der Waals surface area contributed by atoms with Gasteiger partial charge in [0, 0.05) is 6.54 Å². The van der Waals surface area contributed by atoms with Crippen LogP contribution in [-0.4, -0.2) is 11.7 Å². The molecule has 2 aromatic rings. The third-order valence-corrected chi connectivity index (χ3v) is 2.70. The molecule has 0 aliphatic carbocycles. The van der Waals surface area contributed by atoms with Gasteiger partial charge in [0.05, 0.1) is 0 Å². The molecule has 0 aliphatic rings. The van der Waals surface area contributed by atoms with Crippen molar-refractivity contribution in [2.75, 3.05) is 6.54 Å². The molecule has 2 nitrogen and oxygen atoms in total. The predicted molar refractivity (Wildman–Crippen MR) is 77.2 cm³/mol. The average molecular weight is 264 g/mol. The van der Waals surface area contributed by atoms with Crippen molar-refractivity contribution in [1.29, 1.82) is 0 Å². The maximum absolute atomic E-state index is 9.16. The zero-order valence-electron chi connectivity index (χ0n) is 10.2. The molecule has 0 saturated heterocycles. The Labute approximate surface area is 114 Å². The molecule has 18 heavy (non-hydrogen) atoms. The van der Waals surface area contributed by atoms with Crippen LogP contribution in [0.25, 0.3) is 0 Å². The van der Waals surface area contributed by atoms with Crippen LogP contribution in [0.5, 0.6) is 5.75 Å². The van der Waals surface area contributed by atoms with Crippen molar-refractivity contribution in [3.63, 3.8) is 0 Å². The van der Waals surface area contributed by atoms with Gasteiger partial charge in [0.15, 0.2) is 0 Å². The molecule has 0 saturated carbocycles. The lowest BCUT2D eigenvalue weighted by molar-refractivity contribution is 0.475. The molecule has 0 fully saturated rings. The lowest BCUT2D eigenvalue weighted by atomic mass is 10.1. The first-order valence-electron chi connectivity index (χ1n) is 5.87. The van der Waals surface area contributed by atoms with Crippen molar-refractivity contribution in [3.05, 3.63) is 65.7 Å². The maximum Gasteiger partial charge on any atom is 0.115 e. The van der Waals surface area contributed by atoms with E-state index >= 15 is 0 Å². The average Bonchev–Trinajstić information content (AvgIpc) is 2.38. The number of phenolic OH excluding ortho intramolecular Hbond substituents is 1. The minimum atomic E-state index is 0. The van der Waals surface area contributed by atoms with Gasteiger partial charge in [0.2, 0.25) is 0 Å². The summed E-state index contributed by atoms with van der Waals surface area (Å²) in [6, 6.07) is 17.7. The molecular formula is C15H18ClNO. The third kappa shape index (κ3) is 4.78. The molecule has 2 rings (SSSR count). The summed E-state index contributed by atoms with van der Waals surface area (Å²) >= 11 is 0. The Morgan fingerprint density at radius 3 is 2.17 bits per heavy atom. The van der Waals surface area contributed by atoms with Crippen LogP contribution < -0.4 is 5.32 Å². The minimum Gasteiger partial charge on any atom is -0.508 e. The second-order valence-corrected chi connectivity index (χ2v) is 4.08. The largest absolute Gasteiger partial charge is 0.508 e. The maximum atomic E-state index is 9.16. The number of hydrogen-bond acceptors (Lipinski definition) is 2. The van der Waals surface area contributed by atoms with Crippen molar-refractivity contribution in [1.82, 2.24) is 5.32 Å². The molecule has 0 unspecified atom stereocenters. The normalized spacial score (nSPS) is 9.78. The van der Waals surface area contributed by atoms with Crippen LogP contribution in [0.15, 0.2) is 54.6 Å². The second-order valence-electron chi connectivity index (χ2n) is 4.08. The van der Waals surface area contributed by atoms with Gasteiger partial charge in [0.1, 0.15) is 5.75 Å². The van der Waals surface area contributed by atoms with E-state index in [9.17, 15) is 0 Å². The van der Waals surface area contributed by atoms with Gasteiger partial charge in [-0.25, -0.2) is 0 Å². The number of phenols is 1. The predicted octanol–water partition coefficient (Wildman–Crippen LogP) is 3.15. The van der Waals surface area contributed by atoms with Gasteiger partial charge >= 0.3 is 0 Å². The summed E-state index contributed by atoms with van der Waals surface area (Å²) in [5.74, 6) is 0.325. The molecule has 2 N–H and O–H groups in total. The van der Waals surface area contributed by atoms with Crippen molar-refractivity contribution >= 4 is 12.4 Å². The van der Waals surface area contributed by atoms with Gasteiger partial charge in [-0.3, -0.25) is 0 Å². The van der Waals surface area contributed by atoms with E-state index in [0.717, 1.165) is 19.5 Å². The first-order chi connectivity index (χ1) is 8.34. The number of aromatic hydroxyl groups is 1. The van der Waals surface area contributed by atoms with Crippen LogP contribution in [0.4, 0.5) is 0 Å². The molecule has 96 valence electrons. The molecule has 0 heterocycles. The lowest BCUT2D eigenvalue weighted by Crippen LogP contribution is -2.16. The van der Waals surface area contributed by atoms with Gasteiger partial charge in [-0.1, -0.05) is 42.5 Å². The van der Waals surface area contributed by atoms with Crippen LogP contribution in [0.1, 0.15) is 11.1 Å². The number of halogens is 1. The molecule has 0 spiro atoms. The minimum absolute atomic E-state index is 0. The van der Waals surface area contributed by atoms with Gasteiger partial charge in [-0.15, -0.1) is 12.4 Å². The Morgan fingerprint density at radius 1 is 0.833 bits per heavy atom. The van der Waals surface area contributed by atoms with E-state index in [0.29, 0.717) is 5.75 Å². The first kappa shape index (κ1) is 14.6. The molecule has 2 aromatic carbocycles. The van der Waals surface area contributed by atoms with Gasteiger partial charge in [-0.2, -0.15) is 0 Å².